The smallest absolute Gasteiger partial charge is 0.287 e. The van der Waals surface area contributed by atoms with Crippen LogP contribution in [0.25, 0.3) is 0 Å². The number of guanidine groups is 1. The van der Waals surface area contributed by atoms with Gasteiger partial charge in [0, 0.05) is 32.2 Å². The Balaban J connectivity index is 0.00000450. The first kappa shape index (κ1) is 25.8. The highest BCUT2D eigenvalue weighted by molar-refractivity contribution is 14.0. The topological polar surface area (TPSA) is 79.1 Å². The van der Waals surface area contributed by atoms with Crippen LogP contribution in [0, 0.1) is 13.8 Å². The largest absolute Gasteiger partial charge is 0.491 e. The molecule has 8 heteroatoms. The van der Waals surface area contributed by atoms with Gasteiger partial charge in [0.25, 0.3) is 5.91 Å². The fourth-order valence-electron chi connectivity index (χ4n) is 2.74. The summed E-state index contributed by atoms with van der Waals surface area (Å²) >= 11 is 0. The van der Waals surface area contributed by atoms with Crippen LogP contribution in [0.1, 0.15) is 35.0 Å². The lowest BCUT2D eigenvalue weighted by molar-refractivity contribution is 0.0925. The van der Waals surface area contributed by atoms with Gasteiger partial charge in [0.05, 0.1) is 12.8 Å². The number of aliphatic imine (C=N–C) groups is 1. The van der Waals surface area contributed by atoms with E-state index < -0.39 is 0 Å². The molecule has 2 N–H and O–H groups in total. The van der Waals surface area contributed by atoms with Gasteiger partial charge in [-0.2, -0.15) is 0 Å². The number of ether oxygens (including phenoxy) is 1. The number of rotatable bonds is 10. The molecule has 0 aliphatic rings. The van der Waals surface area contributed by atoms with Crippen LogP contribution in [0.4, 0.5) is 0 Å². The highest BCUT2D eigenvalue weighted by atomic mass is 127. The molecule has 0 unspecified atom stereocenters. The molecule has 2 rings (SSSR count). The van der Waals surface area contributed by atoms with Crippen LogP contribution in [0.5, 0.6) is 5.75 Å². The Morgan fingerprint density at radius 2 is 1.93 bits per heavy atom. The van der Waals surface area contributed by atoms with E-state index in [1.807, 2.05) is 57.0 Å². The summed E-state index contributed by atoms with van der Waals surface area (Å²) in [7, 11) is 1.99. The van der Waals surface area contributed by atoms with Crippen LogP contribution in [0.2, 0.25) is 0 Å². The summed E-state index contributed by atoms with van der Waals surface area (Å²) < 4.78 is 11.1. The van der Waals surface area contributed by atoms with Gasteiger partial charge in [0.15, 0.2) is 11.7 Å². The minimum Gasteiger partial charge on any atom is -0.491 e. The van der Waals surface area contributed by atoms with E-state index in [0.29, 0.717) is 32.0 Å². The lowest BCUT2D eigenvalue weighted by Crippen LogP contribution is -2.41. The predicted octanol–water partition coefficient (Wildman–Crippen LogP) is 3.61. The third-order valence-corrected chi connectivity index (χ3v) is 4.42. The summed E-state index contributed by atoms with van der Waals surface area (Å²) in [5.74, 6) is 1.92. The normalized spacial score (nSPS) is 10.9. The number of nitrogens with one attached hydrogen (secondary N) is 2. The Kier molecular flexibility index (Phi) is 12.0. The number of likely N-dealkylation sites (N-methyl/N-ethyl adjacent to an activating group) is 1. The highest BCUT2D eigenvalue weighted by Gasteiger charge is 2.11. The number of hydrogen-bond donors (Lipinski definition) is 2. The van der Waals surface area contributed by atoms with Crippen LogP contribution in [0.15, 0.2) is 46.0 Å². The van der Waals surface area contributed by atoms with Crippen molar-refractivity contribution in [2.75, 3.05) is 39.8 Å². The van der Waals surface area contributed by atoms with Gasteiger partial charge in [0.1, 0.15) is 12.4 Å². The van der Waals surface area contributed by atoms with E-state index >= 15 is 0 Å². The molecule has 0 atom stereocenters. The van der Waals surface area contributed by atoms with Crippen LogP contribution < -0.4 is 15.4 Å². The Hall–Kier alpha value is -2.23. The second-order valence-corrected chi connectivity index (χ2v) is 6.81. The zero-order valence-corrected chi connectivity index (χ0v) is 20.6. The van der Waals surface area contributed by atoms with Gasteiger partial charge in [-0.25, -0.2) is 0 Å². The SMILES string of the molecule is CCNC(=NCCCNC(=O)c1occc1C)N(C)CCOc1ccccc1C.I. The molecule has 0 aliphatic carbocycles. The lowest BCUT2D eigenvalue weighted by Gasteiger charge is -2.22. The van der Waals surface area contributed by atoms with Crippen molar-refractivity contribution in [3.8, 4) is 5.75 Å². The average molecular weight is 528 g/mol. The molecule has 0 fully saturated rings. The second kappa shape index (κ2) is 13.9. The van der Waals surface area contributed by atoms with E-state index in [4.69, 9.17) is 9.15 Å². The fraction of sp³-hybridized carbons (Fsp3) is 0.455. The van der Waals surface area contributed by atoms with E-state index in [1.54, 1.807) is 6.07 Å². The van der Waals surface area contributed by atoms with Gasteiger partial charge >= 0.3 is 0 Å². The van der Waals surface area contributed by atoms with E-state index in [9.17, 15) is 4.79 Å². The standard InChI is InChI=1S/C22H32N4O3.HI/c1-5-23-22(26(4)14-16-28-19-10-7-6-9-17(19)2)25-13-8-12-24-21(27)20-18(3)11-15-29-20;/h6-7,9-11,15H,5,8,12-14,16H2,1-4H3,(H,23,25)(H,24,27);1H. The molecule has 1 aromatic heterocycles. The van der Waals surface area contributed by atoms with Gasteiger partial charge < -0.3 is 24.7 Å². The fourth-order valence-corrected chi connectivity index (χ4v) is 2.74. The molecule has 0 aliphatic heterocycles. The van der Waals surface area contributed by atoms with Gasteiger partial charge in [-0.15, -0.1) is 24.0 Å². The number of halogens is 1. The summed E-state index contributed by atoms with van der Waals surface area (Å²) in [5, 5.41) is 6.15. The molecule has 0 saturated carbocycles. The molecule has 0 spiro atoms. The summed E-state index contributed by atoms with van der Waals surface area (Å²) in [5.41, 5.74) is 1.96. The molecular formula is C22H33IN4O3. The van der Waals surface area contributed by atoms with E-state index in [0.717, 1.165) is 35.8 Å². The van der Waals surface area contributed by atoms with Crippen molar-refractivity contribution in [3.63, 3.8) is 0 Å². The minimum absolute atomic E-state index is 0. The van der Waals surface area contributed by atoms with E-state index in [2.05, 4.69) is 15.6 Å². The summed E-state index contributed by atoms with van der Waals surface area (Å²) in [6.07, 6.45) is 2.27. The number of aryl methyl sites for hydroxylation is 2. The van der Waals surface area contributed by atoms with Gasteiger partial charge in [-0.3, -0.25) is 9.79 Å². The van der Waals surface area contributed by atoms with Crippen molar-refractivity contribution in [2.45, 2.75) is 27.2 Å². The first-order chi connectivity index (χ1) is 14.0. The number of hydrogen-bond acceptors (Lipinski definition) is 4. The molecule has 7 nitrogen and oxygen atoms in total. The highest BCUT2D eigenvalue weighted by Crippen LogP contribution is 2.15. The van der Waals surface area contributed by atoms with Gasteiger partial charge in [0.2, 0.25) is 0 Å². The summed E-state index contributed by atoms with van der Waals surface area (Å²) in [6, 6.07) is 9.77. The zero-order chi connectivity index (χ0) is 21.1. The Bertz CT molecular complexity index is 807. The second-order valence-electron chi connectivity index (χ2n) is 6.81. The first-order valence-corrected chi connectivity index (χ1v) is 10.0. The Morgan fingerprint density at radius 3 is 2.60 bits per heavy atom. The van der Waals surface area contributed by atoms with Gasteiger partial charge in [-0.05, 0) is 44.9 Å². The Morgan fingerprint density at radius 1 is 1.17 bits per heavy atom. The molecule has 0 radical (unpaired) electrons. The number of para-hydroxylation sites is 1. The van der Waals surface area contributed by atoms with Crippen molar-refractivity contribution in [1.29, 1.82) is 0 Å². The molecule has 0 bridgehead atoms. The Labute approximate surface area is 196 Å². The molecule has 30 heavy (non-hydrogen) atoms. The van der Waals surface area contributed by atoms with Crippen molar-refractivity contribution < 1.29 is 13.9 Å². The van der Waals surface area contributed by atoms with E-state index in [-0.39, 0.29) is 29.9 Å². The van der Waals surface area contributed by atoms with Gasteiger partial charge in [-0.1, -0.05) is 18.2 Å². The van der Waals surface area contributed by atoms with Crippen molar-refractivity contribution in [1.82, 2.24) is 15.5 Å². The van der Waals surface area contributed by atoms with Crippen molar-refractivity contribution in [2.24, 2.45) is 4.99 Å². The quantitative estimate of drug-likeness (QED) is 0.213. The van der Waals surface area contributed by atoms with Crippen molar-refractivity contribution in [3.05, 3.63) is 53.5 Å². The number of furan rings is 1. The molecule has 2 aromatic rings. The van der Waals surface area contributed by atoms with E-state index in [1.165, 1.54) is 6.26 Å². The molecule has 1 amide bonds. The maximum atomic E-state index is 12.0. The molecule has 166 valence electrons. The van der Waals surface area contributed by atoms with Crippen LogP contribution in [-0.2, 0) is 0 Å². The number of carbonyl (C=O) groups excluding carboxylic acids is 1. The third kappa shape index (κ3) is 8.25. The van der Waals surface area contributed by atoms with Crippen LogP contribution >= 0.6 is 24.0 Å². The average Bonchev–Trinajstić information content (AvgIpc) is 3.14. The maximum absolute atomic E-state index is 12.0. The van der Waals surface area contributed by atoms with Crippen LogP contribution in [-0.4, -0.2) is 56.6 Å². The molecule has 1 aromatic carbocycles. The number of nitrogens with zero attached hydrogens (tertiary/aromatic N) is 2. The summed E-state index contributed by atoms with van der Waals surface area (Å²) in [4.78, 5) is 18.7. The third-order valence-electron chi connectivity index (χ3n) is 4.42. The number of amides is 1. The van der Waals surface area contributed by atoms with Crippen LogP contribution in [0.3, 0.4) is 0 Å². The molecule has 0 saturated heterocycles. The molecular weight excluding hydrogens is 495 g/mol. The number of benzene rings is 1. The summed E-state index contributed by atoms with van der Waals surface area (Å²) in [6.45, 7) is 9.17. The predicted molar refractivity (Wildman–Crippen MR) is 131 cm³/mol. The molecule has 1 heterocycles. The minimum atomic E-state index is -0.186. The van der Waals surface area contributed by atoms with Crippen molar-refractivity contribution >= 4 is 35.8 Å². The zero-order valence-electron chi connectivity index (χ0n) is 18.2. The number of carbonyl (C=O) groups is 1. The first-order valence-electron chi connectivity index (χ1n) is 10.0. The lowest BCUT2D eigenvalue weighted by atomic mass is 10.2. The maximum Gasteiger partial charge on any atom is 0.287 e. The monoisotopic (exact) mass is 528 g/mol.